The van der Waals surface area contributed by atoms with E-state index in [1.807, 2.05) is 32.2 Å². The number of rotatable bonds is 6. The Kier molecular flexibility index (Phi) is 6.33. The predicted molar refractivity (Wildman–Crippen MR) is 83.9 cm³/mol. The highest BCUT2D eigenvalue weighted by Gasteiger charge is 2.24. The molecule has 2 unspecified atom stereocenters. The molecular formula is C17H27NO3. The largest absolute Gasteiger partial charge is 0.490 e. The van der Waals surface area contributed by atoms with E-state index in [4.69, 9.17) is 9.47 Å². The number of nitrogens with one attached hydrogen (secondary N) is 1. The summed E-state index contributed by atoms with van der Waals surface area (Å²) in [6.07, 6.45) is 4.61. The van der Waals surface area contributed by atoms with Crippen molar-refractivity contribution in [2.75, 3.05) is 13.7 Å². The Hall–Kier alpha value is -1.26. The molecule has 0 heterocycles. The molecule has 0 spiro atoms. The Morgan fingerprint density at radius 3 is 2.76 bits per heavy atom. The summed E-state index contributed by atoms with van der Waals surface area (Å²) in [5.41, 5.74) is 1.16. The standard InChI is InChI=1S/C17H27NO3/c1-3-20-17-11-13(12-18-2)9-10-16(17)21-15-8-6-4-5-7-14(15)19/h9-11,14-15,18-19H,3-8,12H2,1-2H3. The number of hydrogen-bond donors (Lipinski definition) is 2. The van der Waals surface area contributed by atoms with E-state index in [0.717, 1.165) is 49.3 Å². The second-order valence-electron chi connectivity index (χ2n) is 5.61. The normalized spacial score (nSPS) is 22.6. The third-order valence-corrected chi connectivity index (χ3v) is 3.88. The molecule has 1 aromatic carbocycles. The van der Waals surface area contributed by atoms with Gasteiger partial charge < -0.3 is 19.9 Å². The average molecular weight is 293 g/mol. The molecule has 4 nitrogen and oxygen atoms in total. The maximum absolute atomic E-state index is 10.2. The van der Waals surface area contributed by atoms with Crippen LogP contribution in [-0.2, 0) is 6.54 Å². The minimum Gasteiger partial charge on any atom is -0.490 e. The van der Waals surface area contributed by atoms with Crippen LogP contribution < -0.4 is 14.8 Å². The van der Waals surface area contributed by atoms with Gasteiger partial charge in [-0.3, -0.25) is 0 Å². The minimum absolute atomic E-state index is 0.123. The Morgan fingerprint density at radius 1 is 1.19 bits per heavy atom. The maximum atomic E-state index is 10.2. The molecule has 0 aromatic heterocycles. The van der Waals surface area contributed by atoms with Crippen LogP contribution in [0.5, 0.6) is 11.5 Å². The summed E-state index contributed by atoms with van der Waals surface area (Å²) in [4.78, 5) is 0. The predicted octanol–water partition coefficient (Wildman–Crippen LogP) is 2.88. The van der Waals surface area contributed by atoms with Gasteiger partial charge in [0, 0.05) is 6.54 Å². The van der Waals surface area contributed by atoms with Gasteiger partial charge in [-0.15, -0.1) is 0 Å². The first-order chi connectivity index (χ1) is 10.2. The lowest BCUT2D eigenvalue weighted by molar-refractivity contribution is 0.0302. The van der Waals surface area contributed by atoms with Crippen molar-refractivity contribution in [3.8, 4) is 11.5 Å². The zero-order valence-electron chi connectivity index (χ0n) is 13.1. The molecule has 0 radical (unpaired) electrons. The van der Waals surface area contributed by atoms with E-state index in [1.165, 1.54) is 6.42 Å². The van der Waals surface area contributed by atoms with E-state index < -0.39 is 0 Å². The van der Waals surface area contributed by atoms with Gasteiger partial charge in [-0.1, -0.05) is 18.9 Å². The smallest absolute Gasteiger partial charge is 0.161 e. The van der Waals surface area contributed by atoms with Crippen molar-refractivity contribution < 1.29 is 14.6 Å². The Morgan fingerprint density at radius 2 is 2.00 bits per heavy atom. The number of aliphatic hydroxyl groups excluding tert-OH is 1. The van der Waals surface area contributed by atoms with Crippen molar-refractivity contribution >= 4 is 0 Å². The molecule has 0 bridgehead atoms. The van der Waals surface area contributed by atoms with Crippen LogP contribution in [0.25, 0.3) is 0 Å². The topological polar surface area (TPSA) is 50.7 Å². The lowest BCUT2D eigenvalue weighted by Crippen LogP contribution is -2.30. The molecule has 1 aliphatic carbocycles. The SMILES string of the molecule is CCOc1cc(CNC)ccc1OC1CCCCCC1O. The quantitative estimate of drug-likeness (QED) is 0.792. The first-order valence-electron chi connectivity index (χ1n) is 7.99. The van der Waals surface area contributed by atoms with Crippen molar-refractivity contribution in [3.63, 3.8) is 0 Å². The van der Waals surface area contributed by atoms with Crippen LogP contribution in [0.1, 0.15) is 44.6 Å². The van der Waals surface area contributed by atoms with Crippen molar-refractivity contribution in [1.29, 1.82) is 0 Å². The third kappa shape index (κ3) is 4.61. The molecule has 21 heavy (non-hydrogen) atoms. The van der Waals surface area contributed by atoms with Crippen LogP contribution in [-0.4, -0.2) is 31.0 Å². The molecule has 0 saturated heterocycles. The number of ether oxygens (including phenoxy) is 2. The van der Waals surface area contributed by atoms with E-state index in [0.29, 0.717) is 6.61 Å². The van der Waals surface area contributed by atoms with Crippen LogP contribution in [0, 0.1) is 0 Å². The molecule has 1 aromatic rings. The molecule has 0 aliphatic heterocycles. The van der Waals surface area contributed by atoms with Gasteiger partial charge in [-0.2, -0.15) is 0 Å². The number of hydrogen-bond acceptors (Lipinski definition) is 4. The first-order valence-corrected chi connectivity index (χ1v) is 7.99. The molecule has 4 heteroatoms. The van der Waals surface area contributed by atoms with Crippen LogP contribution in [0.4, 0.5) is 0 Å². The zero-order chi connectivity index (χ0) is 15.1. The van der Waals surface area contributed by atoms with E-state index in [2.05, 4.69) is 5.32 Å². The summed E-state index contributed by atoms with van der Waals surface area (Å²) in [6, 6.07) is 6.01. The van der Waals surface area contributed by atoms with E-state index >= 15 is 0 Å². The van der Waals surface area contributed by atoms with Gasteiger partial charge in [0.1, 0.15) is 6.10 Å². The van der Waals surface area contributed by atoms with Gasteiger partial charge >= 0.3 is 0 Å². The average Bonchev–Trinajstić information content (AvgIpc) is 2.67. The van der Waals surface area contributed by atoms with Gasteiger partial charge in [0.05, 0.1) is 12.7 Å². The zero-order valence-corrected chi connectivity index (χ0v) is 13.1. The molecule has 0 amide bonds. The summed E-state index contributed by atoms with van der Waals surface area (Å²) < 4.78 is 11.8. The fourth-order valence-electron chi connectivity index (χ4n) is 2.79. The van der Waals surface area contributed by atoms with Gasteiger partial charge in [0.15, 0.2) is 11.5 Å². The van der Waals surface area contributed by atoms with Crippen LogP contribution in [0.15, 0.2) is 18.2 Å². The number of aliphatic hydroxyl groups is 1. The van der Waals surface area contributed by atoms with Gasteiger partial charge in [0.25, 0.3) is 0 Å². The molecule has 118 valence electrons. The van der Waals surface area contributed by atoms with E-state index in [-0.39, 0.29) is 12.2 Å². The summed E-state index contributed by atoms with van der Waals surface area (Å²) >= 11 is 0. The Balaban J connectivity index is 2.13. The van der Waals surface area contributed by atoms with Crippen molar-refractivity contribution in [2.45, 2.75) is 57.8 Å². The van der Waals surface area contributed by atoms with E-state index in [1.54, 1.807) is 0 Å². The molecular weight excluding hydrogens is 266 g/mol. The van der Waals surface area contributed by atoms with Crippen molar-refractivity contribution in [1.82, 2.24) is 5.32 Å². The van der Waals surface area contributed by atoms with Crippen LogP contribution >= 0.6 is 0 Å². The first kappa shape index (κ1) is 16.1. The summed E-state index contributed by atoms with van der Waals surface area (Å²) in [5.74, 6) is 1.50. The van der Waals surface area contributed by atoms with Crippen molar-refractivity contribution in [3.05, 3.63) is 23.8 Å². The van der Waals surface area contributed by atoms with Gasteiger partial charge in [0.2, 0.25) is 0 Å². The van der Waals surface area contributed by atoms with Gasteiger partial charge in [-0.25, -0.2) is 0 Å². The van der Waals surface area contributed by atoms with Crippen LogP contribution in [0.3, 0.4) is 0 Å². The highest BCUT2D eigenvalue weighted by Crippen LogP contribution is 2.32. The monoisotopic (exact) mass is 293 g/mol. The van der Waals surface area contributed by atoms with E-state index in [9.17, 15) is 5.11 Å². The highest BCUT2D eigenvalue weighted by molar-refractivity contribution is 5.43. The molecule has 2 N–H and O–H groups in total. The molecule has 1 aliphatic rings. The third-order valence-electron chi connectivity index (χ3n) is 3.88. The number of benzene rings is 1. The van der Waals surface area contributed by atoms with Gasteiger partial charge in [-0.05, 0) is 50.9 Å². The second kappa shape index (κ2) is 8.25. The summed E-state index contributed by atoms with van der Waals surface area (Å²) in [5, 5.41) is 13.3. The lowest BCUT2D eigenvalue weighted by atomic mass is 10.1. The molecule has 1 fully saturated rings. The lowest BCUT2D eigenvalue weighted by Gasteiger charge is -2.23. The van der Waals surface area contributed by atoms with Crippen molar-refractivity contribution in [2.24, 2.45) is 0 Å². The molecule has 2 atom stereocenters. The second-order valence-corrected chi connectivity index (χ2v) is 5.61. The fourth-order valence-corrected chi connectivity index (χ4v) is 2.79. The highest BCUT2D eigenvalue weighted by atomic mass is 16.5. The minimum atomic E-state index is -0.376. The molecule has 2 rings (SSSR count). The summed E-state index contributed by atoms with van der Waals surface area (Å²) in [6.45, 7) is 3.37. The Labute approximate surface area is 127 Å². The Bertz CT molecular complexity index is 436. The van der Waals surface area contributed by atoms with Crippen LogP contribution in [0.2, 0.25) is 0 Å². The molecule has 1 saturated carbocycles. The summed E-state index contributed by atoms with van der Waals surface area (Å²) in [7, 11) is 1.92. The fraction of sp³-hybridized carbons (Fsp3) is 0.647. The maximum Gasteiger partial charge on any atom is 0.161 e.